The zero-order valence-electron chi connectivity index (χ0n) is 17.0. The van der Waals surface area contributed by atoms with E-state index in [2.05, 4.69) is 15.6 Å². The third kappa shape index (κ3) is 4.98. The van der Waals surface area contributed by atoms with Crippen molar-refractivity contribution in [2.45, 2.75) is 25.9 Å². The van der Waals surface area contributed by atoms with Gasteiger partial charge in [-0.25, -0.2) is 4.98 Å². The Morgan fingerprint density at radius 2 is 1.81 bits per heavy atom. The summed E-state index contributed by atoms with van der Waals surface area (Å²) in [5, 5.41) is 5.64. The first-order valence-corrected chi connectivity index (χ1v) is 10.1. The largest absolute Gasteiger partial charge is 0.352 e. The molecule has 0 unspecified atom stereocenters. The van der Waals surface area contributed by atoms with E-state index in [1.54, 1.807) is 30.7 Å². The highest BCUT2D eigenvalue weighted by Gasteiger charge is 2.26. The molecular weight excluding hydrogens is 394 g/mol. The minimum Gasteiger partial charge on any atom is -0.352 e. The average Bonchev–Trinajstić information content (AvgIpc) is 3.29. The first-order chi connectivity index (χ1) is 15.1. The van der Waals surface area contributed by atoms with E-state index in [9.17, 15) is 14.4 Å². The van der Waals surface area contributed by atoms with Crippen molar-refractivity contribution in [2.75, 3.05) is 16.8 Å². The fourth-order valence-electron chi connectivity index (χ4n) is 3.55. The SMILES string of the molecule is O=C(CCC(=O)N1CC(=O)Nc2ccccc21)NCc1ccccc1Cn1ccnc1. The van der Waals surface area contributed by atoms with Gasteiger partial charge in [-0.2, -0.15) is 0 Å². The molecule has 2 aromatic carbocycles. The number of para-hydroxylation sites is 2. The van der Waals surface area contributed by atoms with Gasteiger partial charge in [0, 0.05) is 38.3 Å². The van der Waals surface area contributed by atoms with Gasteiger partial charge in [-0.1, -0.05) is 36.4 Å². The maximum atomic E-state index is 12.7. The standard InChI is InChI=1S/C23H23N5O3/c29-21(25-13-17-5-1-2-6-18(17)14-27-12-11-24-16-27)9-10-23(31)28-15-22(30)26-19-7-3-4-8-20(19)28/h1-8,11-12,16H,9-10,13-15H2,(H,25,29)(H,26,30). The van der Waals surface area contributed by atoms with Gasteiger partial charge in [-0.05, 0) is 23.3 Å². The Morgan fingerprint density at radius 1 is 1.03 bits per heavy atom. The normalized spacial score (nSPS) is 12.8. The molecule has 8 nitrogen and oxygen atoms in total. The molecule has 0 aliphatic carbocycles. The Bertz CT molecular complexity index is 1090. The lowest BCUT2D eigenvalue weighted by Crippen LogP contribution is -2.42. The number of amides is 3. The molecule has 0 bridgehead atoms. The van der Waals surface area contributed by atoms with Gasteiger partial charge in [0.25, 0.3) is 0 Å². The van der Waals surface area contributed by atoms with Crippen LogP contribution in [0, 0.1) is 0 Å². The molecule has 3 amide bonds. The fourth-order valence-corrected chi connectivity index (χ4v) is 3.55. The van der Waals surface area contributed by atoms with Crippen molar-refractivity contribution in [3.8, 4) is 0 Å². The molecule has 158 valence electrons. The number of rotatable bonds is 7. The summed E-state index contributed by atoms with van der Waals surface area (Å²) >= 11 is 0. The quantitative estimate of drug-likeness (QED) is 0.617. The minimum atomic E-state index is -0.252. The number of carbonyl (C=O) groups is 3. The molecule has 0 saturated heterocycles. The summed E-state index contributed by atoms with van der Waals surface area (Å²) in [4.78, 5) is 42.4. The second kappa shape index (κ2) is 9.25. The molecule has 2 N–H and O–H groups in total. The van der Waals surface area contributed by atoms with Crippen LogP contribution < -0.4 is 15.5 Å². The molecule has 31 heavy (non-hydrogen) atoms. The second-order valence-electron chi connectivity index (χ2n) is 7.33. The van der Waals surface area contributed by atoms with E-state index in [1.807, 2.05) is 41.1 Å². The predicted octanol–water partition coefficient (Wildman–Crippen LogP) is 2.31. The van der Waals surface area contributed by atoms with Crippen molar-refractivity contribution in [1.29, 1.82) is 0 Å². The number of fused-ring (bicyclic) bond motifs is 1. The van der Waals surface area contributed by atoms with Crippen LogP contribution in [0.15, 0.2) is 67.3 Å². The zero-order chi connectivity index (χ0) is 21.6. The number of hydrogen-bond donors (Lipinski definition) is 2. The lowest BCUT2D eigenvalue weighted by molar-refractivity contribution is -0.125. The van der Waals surface area contributed by atoms with Crippen LogP contribution in [0.3, 0.4) is 0 Å². The van der Waals surface area contributed by atoms with E-state index in [-0.39, 0.29) is 37.1 Å². The summed E-state index contributed by atoms with van der Waals surface area (Å²) < 4.78 is 1.96. The summed E-state index contributed by atoms with van der Waals surface area (Å²) in [7, 11) is 0. The highest BCUT2D eigenvalue weighted by atomic mass is 16.2. The molecule has 1 aliphatic heterocycles. The van der Waals surface area contributed by atoms with Gasteiger partial charge in [0.1, 0.15) is 6.54 Å². The van der Waals surface area contributed by atoms with Crippen LogP contribution in [-0.2, 0) is 27.5 Å². The molecule has 4 rings (SSSR count). The first kappa shape index (κ1) is 20.3. The molecular formula is C23H23N5O3. The van der Waals surface area contributed by atoms with Crippen LogP contribution in [-0.4, -0.2) is 33.8 Å². The Balaban J connectivity index is 1.31. The highest BCUT2D eigenvalue weighted by Crippen LogP contribution is 2.29. The molecule has 0 atom stereocenters. The summed E-state index contributed by atoms with van der Waals surface area (Å²) in [6.45, 7) is 1.01. The van der Waals surface area contributed by atoms with Gasteiger partial charge in [-0.15, -0.1) is 0 Å². The van der Waals surface area contributed by atoms with Crippen LogP contribution >= 0.6 is 0 Å². The van der Waals surface area contributed by atoms with E-state index < -0.39 is 0 Å². The van der Waals surface area contributed by atoms with Crippen molar-refractivity contribution in [1.82, 2.24) is 14.9 Å². The van der Waals surface area contributed by atoms with Gasteiger partial charge in [0.05, 0.1) is 17.7 Å². The molecule has 0 saturated carbocycles. The first-order valence-electron chi connectivity index (χ1n) is 10.1. The Kier molecular flexibility index (Phi) is 6.07. The smallest absolute Gasteiger partial charge is 0.244 e. The summed E-state index contributed by atoms with van der Waals surface area (Å²) in [5.74, 6) is -0.704. The topological polar surface area (TPSA) is 96.3 Å². The molecule has 3 aromatic rings. The van der Waals surface area contributed by atoms with Gasteiger partial charge < -0.3 is 20.1 Å². The van der Waals surface area contributed by atoms with Gasteiger partial charge in [-0.3, -0.25) is 14.4 Å². The third-order valence-electron chi connectivity index (χ3n) is 5.14. The van der Waals surface area contributed by atoms with E-state index in [4.69, 9.17) is 0 Å². The number of anilines is 2. The van der Waals surface area contributed by atoms with Crippen LogP contribution in [0.2, 0.25) is 0 Å². The van der Waals surface area contributed by atoms with Crippen LogP contribution in [0.5, 0.6) is 0 Å². The third-order valence-corrected chi connectivity index (χ3v) is 5.14. The predicted molar refractivity (Wildman–Crippen MR) is 116 cm³/mol. The van der Waals surface area contributed by atoms with Gasteiger partial charge in [0.15, 0.2) is 0 Å². The Labute approximate surface area is 179 Å². The van der Waals surface area contributed by atoms with E-state index in [0.29, 0.717) is 24.5 Å². The van der Waals surface area contributed by atoms with Gasteiger partial charge >= 0.3 is 0 Å². The maximum Gasteiger partial charge on any atom is 0.244 e. The maximum absolute atomic E-state index is 12.7. The van der Waals surface area contributed by atoms with Crippen molar-refractivity contribution in [2.24, 2.45) is 0 Å². The number of benzene rings is 2. The lowest BCUT2D eigenvalue weighted by atomic mass is 10.1. The van der Waals surface area contributed by atoms with E-state index in [0.717, 1.165) is 11.1 Å². The van der Waals surface area contributed by atoms with Crippen LogP contribution in [0.4, 0.5) is 11.4 Å². The summed E-state index contributed by atoms with van der Waals surface area (Å²) in [6, 6.07) is 15.0. The van der Waals surface area contributed by atoms with Crippen molar-refractivity contribution < 1.29 is 14.4 Å². The van der Waals surface area contributed by atoms with Crippen molar-refractivity contribution in [3.05, 3.63) is 78.4 Å². The number of hydrogen-bond acceptors (Lipinski definition) is 4. The lowest BCUT2D eigenvalue weighted by Gasteiger charge is -2.29. The monoisotopic (exact) mass is 417 g/mol. The van der Waals surface area contributed by atoms with Crippen LogP contribution in [0.25, 0.3) is 0 Å². The molecule has 1 aliphatic rings. The zero-order valence-corrected chi connectivity index (χ0v) is 17.0. The fraction of sp³-hybridized carbons (Fsp3) is 0.217. The molecule has 2 heterocycles. The number of imidazole rings is 1. The van der Waals surface area contributed by atoms with Crippen LogP contribution in [0.1, 0.15) is 24.0 Å². The van der Waals surface area contributed by atoms with E-state index >= 15 is 0 Å². The summed E-state index contributed by atoms with van der Waals surface area (Å²) in [5.41, 5.74) is 3.36. The number of aromatic nitrogens is 2. The molecule has 0 spiro atoms. The van der Waals surface area contributed by atoms with Crippen molar-refractivity contribution in [3.63, 3.8) is 0 Å². The number of nitrogens with one attached hydrogen (secondary N) is 2. The van der Waals surface area contributed by atoms with E-state index in [1.165, 1.54) is 4.90 Å². The van der Waals surface area contributed by atoms with Crippen molar-refractivity contribution >= 4 is 29.1 Å². The molecule has 0 fully saturated rings. The molecule has 1 aromatic heterocycles. The Hall–Kier alpha value is -3.94. The number of nitrogens with zero attached hydrogens (tertiary/aromatic N) is 3. The Morgan fingerprint density at radius 3 is 2.61 bits per heavy atom. The van der Waals surface area contributed by atoms with Gasteiger partial charge in [0.2, 0.25) is 17.7 Å². The minimum absolute atomic E-state index is 0.0319. The average molecular weight is 417 g/mol. The highest BCUT2D eigenvalue weighted by molar-refractivity contribution is 6.10. The molecule has 0 radical (unpaired) electrons. The summed E-state index contributed by atoms with van der Waals surface area (Å²) in [6.07, 6.45) is 5.46. The number of carbonyl (C=O) groups excluding carboxylic acids is 3. The second-order valence-corrected chi connectivity index (χ2v) is 7.33. The molecule has 8 heteroatoms.